The lowest BCUT2D eigenvalue weighted by Crippen LogP contribution is -1.88. The van der Waals surface area contributed by atoms with E-state index in [2.05, 4.69) is 11.9 Å². The van der Waals surface area contributed by atoms with E-state index in [1.54, 1.807) is 18.0 Å². The molecule has 1 aromatic rings. The van der Waals surface area contributed by atoms with Gasteiger partial charge in [0.25, 0.3) is 0 Å². The van der Waals surface area contributed by atoms with Gasteiger partial charge in [0.05, 0.1) is 0 Å². The quantitative estimate of drug-likeness (QED) is 0.660. The van der Waals surface area contributed by atoms with Crippen LogP contribution in [0.15, 0.2) is 23.2 Å². The summed E-state index contributed by atoms with van der Waals surface area (Å²) in [7, 11) is 0. The van der Waals surface area contributed by atoms with E-state index in [9.17, 15) is 0 Å². The van der Waals surface area contributed by atoms with Crippen molar-refractivity contribution in [2.45, 2.75) is 11.8 Å². The summed E-state index contributed by atoms with van der Waals surface area (Å²) >= 11 is 1.77. The maximum absolute atomic E-state index is 5.46. The first-order chi connectivity index (χ1) is 4.83. The van der Waals surface area contributed by atoms with Gasteiger partial charge in [0, 0.05) is 11.1 Å². The minimum Gasteiger partial charge on any atom is -0.384 e. The van der Waals surface area contributed by atoms with E-state index >= 15 is 0 Å². The van der Waals surface area contributed by atoms with Gasteiger partial charge in [-0.2, -0.15) is 0 Å². The van der Waals surface area contributed by atoms with Crippen LogP contribution in [0.2, 0.25) is 0 Å². The van der Waals surface area contributed by atoms with Crippen molar-refractivity contribution in [3.63, 3.8) is 0 Å². The van der Waals surface area contributed by atoms with Crippen LogP contribution in [0.3, 0.4) is 0 Å². The first kappa shape index (κ1) is 7.41. The van der Waals surface area contributed by atoms with Gasteiger partial charge in [0.2, 0.25) is 0 Å². The van der Waals surface area contributed by atoms with E-state index in [0.29, 0.717) is 5.82 Å². The SMILES string of the molecule is CCSc1ccnc(N)c1. The van der Waals surface area contributed by atoms with Crippen molar-refractivity contribution in [1.29, 1.82) is 0 Å². The number of anilines is 1. The molecule has 0 fully saturated rings. The predicted molar refractivity (Wildman–Crippen MR) is 45.0 cm³/mol. The van der Waals surface area contributed by atoms with Crippen molar-refractivity contribution < 1.29 is 0 Å². The predicted octanol–water partition coefficient (Wildman–Crippen LogP) is 1.78. The smallest absolute Gasteiger partial charge is 0.124 e. The fourth-order valence-electron chi connectivity index (χ4n) is 0.684. The summed E-state index contributed by atoms with van der Waals surface area (Å²) in [6.07, 6.45) is 1.73. The van der Waals surface area contributed by atoms with Crippen LogP contribution in [-0.2, 0) is 0 Å². The monoisotopic (exact) mass is 154 g/mol. The first-order valence-electron chi connectivity index (χ1n) is 3.17. The fourth-order valence-corrected chi connectivity index (χ4v) is 1.38. The molecule has 3 heteroatoms. The molecule has 0 bridgehead atoms. The zero-order chi connectivity index (χ0) is 7.40. The number of hydrogen-bond acceptors (Lipinski definition) is 3. The number of nitrogen functional groups attached to an aromatic ring is 1. The molecule has 1 heterocycles. The summed E-state index contributed by atoms with van der Waals surface area (Å²) in [4.78, 5) is 5.08. The second-order valence-corrected chi connectivity index (χ2v) is 3.19. The minimum atomic E-state index is 0.596. The van der Waals surface area contributed by atoms with E-state index in [0.717, 1.165) is 5.75 Å². The molecule has 54 valence electrons. The van der Waals surface area contributed by atoms with Crippen LogP contribution >= 0.6 is 11.8 Å². The zero-order valence-electron chi connectivity index (χ0n) is 5.87. The summed E-state index contributed by atoms with van der Waals surface area (Å²) in [6.45, 7) is 2.11. The fraction of sp³-hybridized carbons (Fsp3) is 0.286. The molecule has 2 nitrogen and oxygen atoms in total. The lowest BCUT2D eigenvalue weighted by atomic mass is 10.5. The molecule has 0 aliphatic carbocycles. The molecule has 1 rings (SSSR count). The van der Waals surface area contributed by atoms with Gasteiger partial charge in [-0.15, -0.1) is 11.8 Å². The van der Waals surface area contributed by atoms with Gasteiger partial charge in [0.1, 0.15) is 5.82 Å². The number of pyridine rings is 1. The Morgan fingerprint density at radius 2 is 2.50 bits per heavy atom. The Kier molecular flexibility index (Phi) is 2.57. The van der Waals surface area contributed by atoms with Crippen LogP contribution < -0.4 is 5.73 Å². The second-order valence-electron chi connectivity index (χ2n) is 1.85. The third-order valence-corrected chi connectivity index (χ3v) is 1.94. The molecule has 0 atom stereocenters. The zero-order valence-corrected chi connectivity index (χ0v) is 6.69. The van der Waals surface area contributed by atoms with Gasteiger partial charge in [0.15, 0.2) is 0 Å². The van der Waals surface area contributed by atoms with Crippen LogP contribution in [0.5, 0.6) is 0 Å². The molecule has 0 amide bonds. The average molecular weight is 154 g/mol. The van der Waals surface area contributed by atoms with Gasteiger partial charge in [-0.3, -0.25) is 0 Å². The van der Waals surface area contributed by atoms with Crippen molar-refractivity contribution >= 4 is 17.6 Å². The Hall–Kier alpha value is -0.700. The molecule has 0 saturated carbocycles. The van der Waals surface area contributed by atoms with Crippen molar-refractivity contribution in [3.8, 4) is 0 Å². The molecule has 1 aromatic heterocycles. The highest BCUT2D eigenvalue weighted by Crippen LogP contribution is 2.17. The topological polar surface area (TPSA) is 38.9 Å². The molecule has 2 N–H and O–H groups in total. The Morgan fingerprint density at radius 3 is 3.10 bits per heavy atom. The van der Waals surface area contributed by atoms with Gasteiger partial charge in [-0.05, 0) is 17.9 Å². The molecule has 0 radical (unpaired) electrons. The lowest BCUT2D eigenvalue weighted by Gasteiger charge is -1.96. The van der Waals surface area contributed by atoms with E-state index in [-0.39, 0.29) is 0 Å². The molecule has 0 saturated heterocycles. The maximum Gasteiger partial charge on any atom is 0.124 e. The standard InChI is InChI=1S/C7H10N2S/c1-2-10-6-3-4-9-7(8)5-6/h3-5H,2H2,1H3,(H2,8,9). The highest BCUT2D eigenvalue weighted by Gasteiger charge is 1.90. The summed E-state index contributed by atoms with van der Waals surface area (Å²) in [5, 5.41) is 0. The van der Waals surface area contributed by atoms with E-state index in [4.69, 9.17) is 5.73 Å². The number of aromatic nitrogens is 1. The molecule has 0 aliphatic heterocycles. The summed E-state index contributed by atoms with van der Waals surface area (Å²) in [6, 6.07) is 3.85. The lowest BCUT2D eigenvalue weighted by molar-refractivity contribution is 1.27. The normalized spacial score (nSPS) is 9.70. The molecule has 10 heavy (non-hydrogen) atoms. The van der Waals surface area contributed by atoms with E-state index in [1.807, 2.05) is 12.1 Å². The molecular weight excluding hydrogens is 144 g/mol. The van der Waals surface area contributed by atoms with Crippen molar-refractivity contribution in [2.24, 2.45) is 0 Å². The van der Waals surface area contributed by atoms with Crippen molar-refractivity contribution in [3.05, 3.63) is 18.3 Å². The number of hydrogen-bond donors (Lipinski definition) is 1. The van der Waals surface area contributed by atoms with E-state index < -0.39 is 0 Å². The van der Waals surface area contributed by atoms with Crippen LogP contribution in [0, 0.1) is 0 Å². The van der Waals surface area contributed by atoms with Crippen LogP contribution in [0.1, 0.15) is 6.92 Å². The van der Waals surface area contributed by atoms with Crippen molar-refractivity contribution in [1.82, 2.24) is 4.98 Å². The summed E-state index contributed by atoms with van der Waals surface area (Å²) in [5.41, 5.74) is 5.46. The van der Waals surface area contributed by atoms with Crippen LogP contribution in [0.25, 0.3) is 0 Å². The Balaban J connectivity index is 2.75. The average Bonchev–Trinajstić information content (AvgIpc) is 1.88. The largest absolute Gasteiger partial charge is 0.384 e. The van der Waals surface area contributed by atoms with Gasteiger partial charge >= 0.3 is 0 Å². The number of thioether (sulfide) groups is 1. The van der Waals surface area contributed by atoms with Gasteiger partial charge < -0.3 is 5.73 Å². The van der Waals surface area contributed by atoms with Gasteiger partial charge in [-0.25, -0.2) is 4.98 Å². The Morgan fingerprint density at radius 1 is 1.70 bits per heavy atom. The van der Waals surface area contributed by atoms with E-state index in [1.165, 1.54) is 4.90 Å². The third kappa shape index (κ3) is 1.92. The molecule has 0 aromatic carbocycles. The molecule has 0 unspecified atom stereocenters. The second kappa shape index (κ2) is 3.46. The van der Waals surface area contributed by atoms with Gasteiger partial charge in [-0.1, -0.05) is 6.92 Å². The third-order valence-electron chi connectivity index (χ3n) is 1.06. The molecular formula is C7H10N2S. The highest BCUT2D eigenvalue weighted by molar-refractivity contribution is 7.99. The summed E-state index contributed by atoms with van der Waals surface area (Å²) in [5.74, 6) is 1.67. The van der Waals surface area contributed by atoms with Crippen LogP contribution in [-0.4, -0.2) is 10.7 Å². The summed E-state index contributed by atoms with van der Waals surface area (Å²) < 4.78 is 0. The number of nitrogens with two attached hydrogens (primary N) is 1. The van der Waals surface area contributed by atoms with Crippen molar-refractivity contribution in [2.75, 3.05) is 11.5 Å². The number of rotatable bonds is 2. The highest BCUT2D eigenvalue weighted by atomic mass is 32.2. The number of nitrogens with zero attached hydrogens (tertiary/aromatic N) is 1. The first-order valence-corrected chi connectivity index (χ1v) is 4.16. The minimum absolute atomic E-state index is 0.596. The maximum atomic E-state index is 5.46. The Labute approximate surface area is 64.8 Å². The Bertz CT molecular complexity index is 213. The molecule has 0 aliphatic rings. The molecule has 0 spiro atoms. The van der Waals surface area contributed by atoms with Crippen LogP contribution in [0.4, 0.5) is 5.82 Å².